The van der Waals surface area contributed by atoms with Gasteiger partial charge in [-0.2, -0.15) is 8.78 Å². The lowest BCUT2D eigenvalue weighted by molar-refractivity contribution is -0.0191. The van der Waals surface area contributed by atoms with Crippen molar-refractivity contribution in [3.63, 3.8) is 0 Å². The van der Waals surface area contributed by atoms with Crippen molar-refractivity contribution in [2.24, 2.45) is 17.8 Å². The minimum absolute atomic E-state index is 0.0202. The molecule has 0 aliphatic heterocycles. The van der Waals surface area contributed by atoms with E-state index in [2.05, 4.69) is 5.32 Å². The van der Waals surface area contributed by atoms with Gasteiger partial charge in [0.05, 0.1) is 6.61 Å². The second-order valence-corrected chi connectivity index (χ2v) is 11.6. The van der Waals surface area contributed by atoms with Crippen LogP contribution in [0, 0.1) is 17.8 Å². The maximum atomic E-state index is 13.0. The smallest absolute Gasteiger partial charge is 0.407 e. The lowest BCUT2D eigenvalue weighted by Crippen LogP contribution is -2.59. The van der Waals surface area contributed by atoms with Crippen LogP contribution in [-0.4, -0.2) is 36.5 Å². The number of rotatable bonds is 13. The Morgan fingerprint density at radius 2 is 1.35 bits per heavy atom. The zero-order valence-electron chi connectivity index (χ0n) is 18.3. The summed E-state index contributed by atoms with van der Waals surface area (Å²) >= 11 is 0. The molecule has 4 fully saturated rings. The van der Waals surface area contributed by atoms with E-state index in [9.17, 15) is 26.5 Å². The topological polar surface area (TPSA) is 95.5 Å². The molecule has 0 atom stereocenters. The minimum atomic E-state index is -5.56. The molecule has 0 aromatic carbocycles. The quantitative estimate of drug-likeness (QED) is 0.294. The highest BCUT2D eigenvalue weighted by atomic mass is 32.2. The number of alkyl halides is 2. The lowest BCUT2D eigenvalue weighted by Gasteiger charge is -2.56. The third-order valence-electron chi connectivity index (χ3n) is 7.37. The first-order chi connectivity index (χ1) is 14.6. The number of hydrogen-bond donors (Lipinski definition) is 1. The molecule has 0 unspecified atom stereocenters. The van der Waals surface area contributed by atoms with Crippen LogP contribution >= 0.6 is 0 Å². The van der Waals surface area contributed by atoms with E-state index < -0.39 is 21.8 Å². The molecule has 0 heterocycles. The molecule has 1 N–H and O–H groups in total. The standard InChI is InChI=1S/C22H37F2NO5S/c23-22(24,31(27,28)29)9-7-5-3-1-2-4-6-8-10-30-20(26)25-21-14-17-11-18(15-21)13-19(12-17)16-21/h17-19H,1-16H2,(H,25,26)(H,27,28,29)/p-1. The Kier molecular flexibility index (Phi) is 8.21. The van der Waals surface area contributed by atoms with Crippen molar-refractivity contribution in [2.45, 2.75) is 107 Å². The van der Waals surface area contributed by atoms with E-state index in [1.807, 2.05) is 0 Å². The molecule has 31 heavy (non-hydrogen) atoms. The summed E-state index contributed by atoms with van der Waals surface area (Å²) in [4.78, 5) is 12.3. The molecule has 4 rings (SSSR count). The van der Waals surface area contributed by atoms with Crippen LogP contribution in [0.15, 0.2) is 0 Å². The van der Waals surface area contributed by atoms with Crippen molar-refractivity contribution in [3.05, 3.63) is 0 Å². The molecule has 4 bridgehead atoms. The highest BCUT2D eigenvalue weighted by molar-refractivity contribution is 7.86. The van der Waals surface area contributed by atoms with Crippen LogP contribution in [0.4, 0.5) is 13.6 Å². The Labute approximate surface area is 184 Å². The van der Waals surface area contributed by atoms with Gasteiger partial charge in [0.25, 0.3) is 0 Å². The molecular weight excluding hydrogens is 428 g/mol. The van der Waals surface area contributed by atoms with Crippen LogP contribution in [-0.2, 0) is 14.9 Å². The highest BCUT2D eigenvalue weighted by Gasteiger charge is 2.51. The van der Waals surface area contributed by atoms with E-state index >= 15 is 0 Å². The number of hydrogen-bond acceptors (Lipinski definition) is 5. The molecule has 4 saturated carbocycles. The van der Waals surface area contributed by atoms with Crippen LogP contribution in [0.25, 0.3) is 0 Å². The fourth-order valence-electron chi connectivity index (χ4n) is 6.30. The number of ether oxygens (including phenoxy) is 1. The Bertz CT molecular complexity index is 677. The first-order valence-corrected chi connectivity index (χ1v) is 13.3. The SMILES string of the molecule is O=C(NC12CC3CC(CC(C3)C1)C2)OCCCCCCCCCCC(F)(F)S(=O)(=O)[O-]. The van der Waals surface area contributed by atoms with E-state index in [1.165, 1.54) is 19.3 Å². The molecular formula is C22H36F2NO5S-. The summed E-state index contributed by atoms with van der Waals surface area (Å²) in [5.74, 6) is 2.34. The summed E-state index contributed by atoms with van der Waals surface area (Å²) in [6, 6.07) is 0. The zero-order chi connectivity index (χ0) is 22.5. The van der Waals surface area contributed by atoms with Gasteiger partial charge in [-0.1, -0.05) is 38.5 Å². The summed E-state index contributed by atoms with van der Waals surface area (Å²) in [6.45, 7) is 0.414. The first kappa shape index (κ1) is 24.7. The number of carbonyl (C=O) groups excluding carboxylic acids is 1. The summed E-state index contributed by atoms with van der Waals surface area (Å²) < 4.78 is 62.6. The number of alkyl carbamates (subject to hydrolysis) is 1. The summed E-state index contributed by atoms with van der Waals surface area (Å²) in [5, 5.41) is -0.954. The van der Waals surface area contributed by atoms with E-state index in [0.29, 0.717) is 13.0 Å². The van der Waals surface area contributed by atoms with Crippen LogP contribution < -0.4 is 5.32 Å². The van der Waals surface area contributed by atoms with Crippen molar-refractivity contribution < 1.29 is 31.3 Å². The van der Waals surface area contributed by atoms with Crippen LogP contribution in [0.2, 0.25) is 0 Å². The third-order valence-corrected chi connectivity index (χ3v) is 8.30. The fraction of sp³-hybridized carbons (Fsp3) is 0.955. The zero-order valence-corrected chi connectivity index (χ0v) is 19.1. The van der Waals surface area contributed by atoms with Gasteiger partial charge in [0.2, 0.25) is 0 Å². The predicted octanol–water partition coefficient (Wildman–Crippen LogP) is 5.33. The molecule has 0 spiro atoms. The Morgan fingerprint density at radius 1 is 0.903 bits per heavy atom. The van der Waals surface area contributed by atoms with E-state index in [0.717, 1.165) is 75.5 Å². The molecule has 4 aliphatic rings. The Balaban J connectivity index is 1.16. The van der Waals surface area contributed by atoms with Gasteiger partial charge in [0, 0.05) is 12.0 Å². The molecule has 0 radical (unpaired) electrons. The number of nitrogens with one attached hydrogen (secondary N) is 1. The number of amides is 1. The van der Waals surface area contributed by atoms with Crippen molar-refractivity contribution in [3.8, 4) is 0 Å². The molecule has 6 nitrogen and oxygen atoms in total. The van der Waals surface area contributed by atoms with Gasteiger partial charge in [-0.3, -0.25) is 0 Å². The first-order valence-electron chi connectivity index (χ1n) is 11.9. The molecule has 4 aliphatic carbocycles. The largest absolute Gasteiger partial charge is 0.743 e. The maximum absolute atomic E-state index is 13.0. The van der Waals surface area contributed by atoms with Crippen molar-refractivity contribution in [1.29, 1.82) is 0 Å². The summed E-state index contributed by atoms with van der Waals surface area (Å²) in [6.07, 6.45) is 12.0. The summed E-state index contributed by atoms with van der Waals surface area (Å²) in [5.41, 5.74) is -0.0202. The van der Waals surface area contributed by atoms with Gasteiger partial charge in [-0.15, -0.1) is 0 Å². The maximum Gasteiger partial charge on any atom is 0.407 e. The Morgan fingerprint density at radius 3 is 1.84 bits per heavy atom. The van der Waals surface area contributed by atoms with Gasteiger partial charge in [0.1, 0.15) is 0 Å². The van der Waals surface area contributed by atoms with Crippen LogP contribution in [0.5, 0.6) is 0 Å². The van der Waals surface area contributed by atoms with Gasteiger partial charge in [0.15, 0.2) is 10.1 Å². The number of carbonyl (C=O) groups is 1. The van der Waals surface area contributed by atoms with Gasteiger partial charge >= 0.3 is 11.3 Å². The van der Waals surface area contributed by atoms with Crippen LogP contribution in [0.1, 0.15) is 96.3 Å². The third kappa shape index (κ3) is 7.01. The molecule has 0 saturated heterocycles. The highest BCUT2D eigenvalue weighted by Crippen LogP contribution is 2.55. The average molecular weight is 465 g/mol. The van der Waals surface area contributed by atoms with E-state index in [-0.39, 0.29) is 18.1 Å². The normalized spacial score (nSPS) is 29.8. The van der Waals surface area contributed by atoms with Gasteiger partial charge in [-0.05, 0) is 69.1 Å². The Hall–Kier alpha value is -0.960. The van der Waals surface area contributed by atoms with E-state index in [4.69, 9.17) is 4.74 Å². The lowest BCUT2D eigenvalue weighted by atomic mass is 9.53. The predicted molar refractivity (Wildman–Crippen MR) is 112 cm³/mol. The van der Waals surface area contributed by atoms with Crippen molar-refractivity contribution in [1.82, 2.24) is 5.32 Å². The number of halogens is 2. The minimum Gasteiger partial charge on any atom is -0.743 e. The molecule has 1 amide bonds. The molecule has 9 heteroatoms. The van der Waals surface area contributed by atoms with Crippen molar-refractivity contribution in [2.75, 3.05) is 6.61 Å². The van der Waals surface area contributed by atoms with Gasteiger partial charge < -0.3 is 14.6 Å². The van der Waals surface area contributed by atoms with Gasteiger partial charge in [-0.25, -0.2) is 13.2 Å². The second-order valence-electron chi connectivity index (χ2n) is 10.1. The monoisotopic (exact) mass is 464 g/mol. The molecule has 0 aromatic rings. The fourth-order valence-corrected chi connectivity index (χ4v) is 6.69. The van der Waals surface area contributed by atoms with Crippen molar-refractivity contribution >= 4 is 16.2 Å². The average Bonchev–Trinajstić information content (AvgIpc) is 2.63. The van der Waals surface area contributed by atoms with E-state index in [1.54, 1.807) is 0 Å². The second kappa shape index (κ2) is 10.3. The molecule has 0 aromatic heterocycles. The molecule has 180 valence electrons. The summed E-state index contributed by atoms with van der Waals surface area (Å²) in [7, 11) is -5.56. The van der Waals surface area contributed by atoms with Crippen LogP contribution in [0.3, 0.4) is 0 Å². The number of unbranched alkanes of at least 4 members (excludes halogenated alkanes) is 7.